The molecule has 5 rings (SSSR count). The van der Waals surface area contributed by atoms with E-state index >= 15 is 0 Å². The number of morpholine rings is 1. The second-order valence-electron chi connectivity index (χ2n) is 8.40. The Kier molecular flexibility index (Phi) is 5.94. The van der Waals surface area contributed by atoms with Gasteiger partial charge in [-0.25, -0.2) is 9.48 Å². The fourth-order valence-electron chi connectivity index (χ4n) is 4.40. The van der Waals surface area contributed by atoms with Gasteiger partial charge in [-0.05, 0) is 60.7 Å². The Morgan fingerprint density at radius 1 is 1.15 bits per heavy atom. The molecule has 0 saturated carbocycles. The van der Waals surface area contributed by atoms with E-state index in [9.17, 15) is 9.59 Å². The number of aromatic nitrogens is 4. The van der Waals surface area contributed by atoms with E-state index in [1.807, 2.05) is 39.6 Å². The number of thioether (sulfide) groups is 1. The second kappa shape index (κ2) is 9.03. The highest BCUT2D eigenvalue weighted by Crippen LogP contribution is 2.33. The number of hydrogen-bond donors (Lipinski definition) is 1. The van der Waals surface area contributed by atoms with Crippen molar-refractivity contribution in [2.45, 2.75) is 25.0 Å². The van der Waals surface area contributed by atoms with Crippen molar-refractivity contribution in [2.24, 2.45) is 0 Å². The maximum atomic E-state index is 13.4. The maximum absolute atomic E-state index is 13.4. The summed E-state index contributed by atoms with van der Waals surface area (Å²) in [5, 5.41) is 17.4. The average Bonchev–Trinajstić information content (AvgIpc) is 3.49. The molecule has 3 aromatic rings. The van der Waals surface area contributed by atoms with Crippen LogP contribution in [0.3, 0.4) is 0 Å². The molecule has 0 atom stereocenters. The van der Waals surface area contributed by atoms with Gasteiger partial charge in [0.25, 0.3) is 5.91 Å². The van der Waals surface area contributed by atoms with Crippen molar-refractivity contribution in [1.82, 2.24) is 24.5 Å². The van der Waals surface area contributed by atoms with Crippen LogP contribution in [0.5, 0.6) is 0 Å². The van der Waals surface area contributed by atoms with E-state index in [2.05, 4.69) is 10.3 Å². The monoisotopic (exact) mass is 467 g/mol. The molecule has 2 fully saturated rings. The van der Waals surface area contributed by atoms with Crippen molar-refractivity contribution < 1.29 is 19.4 Å². The van der Waals surface area contributed by atoms with E-state index in [-0.39, 0.29) is 17.1 Å². The van der Waals surface area contributed by atoms with Crippen LogP contribution in [0.2, 0.25) is 0 Å². The molecular weight excluding hydrogens is 442 g/mol. The molecule has 2 aliphatic rings. The number of ether oxygens (including phenoxy) is 1. The van der Waals surface area contributed by atoms with Crippen LogP contribution in [0.25, 0.3) is 5.69 Å². The van der Waals surface area contributed by atoms with Crippen LogP contribution in [0.1, 0.15) is 39.4 Å². The SMILES string of the molecule is O=C(O)c1ccc(-n2cc(Cn3cccc3C(=O)N3CCOC4(CCSCC4)C3)nn2)cc1. The standard InChI is InChI=1S/C23H25N5O4S/c29-21(27-10-11-32-23(16-27)7-12-33-13-8-23)20-2-1-9-26(20)14-18-15-28(25-24-18)19-5-3-17(4-6-19)22(30)31/h1-6,9,15H,7-8,10-14,16H2,(H,30,31). The van der Waals surface area contributed by atoms with Gasteiger partial charge in [0.15, 0.2) is 0 Å². The predicted octanol–water partition coefficient (Wildman–Crippen LogP) is 2.55. The first kappa shape index (κ1) is 21.7. The number of aromatic carboxylic acids is 1. The molecule has 9 nitrogen and oxygen atoms in total. The second-order valence-corrected chi connectivity index (χ2v) is 9.62. The van der Waals surface area contributed by atoms with Gasteiger partial charge in [-0.1, -0.05) is 5.21 Å². The van der Waals surface area contributed by atoms with Gasteiger partial charge in [0, 0.05) is 12.7 Å². The molecule has 172 valence electrons. The van der Waals surface area contributed by atoms with Crippen molar-refractivity contribution in [3.05, 3.63) is 65.7 Å². The molecule has 33 heavy (non-hydrogen) atoms. The lowest BCUT2D eigenvalue weighted by Crippen LogP contribution is -2.55. The van der Waals surface area contributed by atoms with Gasteiger partial charge in [-0.15, -0.1) is 5.10 Å². The molecule has 0 unspecified atom stereocenters. The molecule has 2 aromatic heterocycles. The van der Waals surface area contributed by atoms with Gasteiger partial charge in [-0.3, -0.25) is 4.79 Å². The maximum Gasteiger partial charge on any atom is 0.335 e. The van der Waals surface area contributed by atoms with Crippen LogP contribution in [-0.2, 0) is 11.3 Å². The van der Waals surface area contributed by atoms with E-state index in [0.29, 0.717) is 43.3 Å². The zero-order chi connectivity index (χ0) is 22.8. The summed E-state index contributed by atoms with van der Waals surface area (Å²) >= 11 is 1.95. The first-order valence-electron chi connectivity index (χ1n) is 10.9. The molecule has 2 aliphatic heterocycles. The zero-order valence-electron chi connectivity index (χ0n) is 18.1. The minimum absolute atomic E-state index is 0.0116. The van der Waals surface area contributed by atoms with Gasteiger partial charge in [0.05, 0.1) is 42.7 Å². The first-order valence-corrected chi connectivity index (χ1v) is 12.1. The number of benzene rings is 1. The van der Waals surface area contributed by atoms with Crippen LogP contribution in [0.15, 0.2) is 48.8 Å². The molecule has 0 bridgehead atoms. The number of carbonyl (C=O) groups is 2. The summed E-state index contributed by atoms with van der Waals surface area (Å²) in [4.78, 5) is 26.3. The molecular formula is C23H25N5O4S. The van der Waals surface area contributed by atoms with E-state index in [1.54, 1.807) is 23.0 Å². The fraction of sp³-hybridized carbons (Fsp3) is 0.391. The third-order valence-corrected chi connectivity index (χ3v) is 7.23. The lowest BCUT2D eigenvalue weighted by Gasteiger charge is -2.44. The molecule has 10 heteroatoms. The molecule has 0 aliphatic carbocycles. The summed E-state index contributed by atoms with van der Waals surface area (Å²) in [6.45, 7) is 2.22. The predicted molar refractivity (Wildman–Crippen MR) is 123 cm³/mol. The van der Waals surface area contributed by atoms with Crippen LogP contribution in [0, 0.1) is 0 Å². The Morgan fingerprint density at radius 2 is 1.94 bits per heavy atom. The number of hydrogen-bond acceptors (Lipinski definition) is 6. The first-order chi connectivity index (χ1) is 16.0. The summed E-state index contributed by atoms with van der Waals surface area (Å²) in [5.41, 5.74) is 2.05. The van der Waals surface area contributed by atoms with Crippen LogP contribution in [-0.4, -0.2) is 78.2 Å². The summed E-state index contributed by atoms with van der Waals surface area (Å²) in [6, 6.07) is 10.1. The van der Waals surface area contributed by atoms with E-state index in [0.717, 1.165) is 24.3 Å². The summed E-state index contributed by atoms with van der Waals surface area (Å²) in [6.07, 6.45) is 5.63. The van der Waals surface area contributed by atoms with Crippen molar-refractivity contribution >= 4 is 23.6 Å². The highest BCUT2D eigenvalue weighted by molar-refractivity contribution is 7.99. The highest BCUT2D eigenvalue weighted by atomic mass is 32.2. The van der Waals surface area contributed by atoms with Gasteiger partial charge in [-0.2, -0.15) is 11.8 Å². The number of carbonyl (C=O) groups excluding carboxylic acids is 1. The molecule has 2 saturated heterocycles. The van der Waals surface area contributed by atoms with Gasteiger partial charge in [0.2, 0.25) is 0 Å². The summed E-state index contributed by atoms with van der Waals surface area (Å²) in [7, 11) is 0. The van der Waals surface area contributed by atoms with Crippen LogP contribution >= 0.6 is 11.8 Å². The summed E-state index contributed by atoms with van der Waals surface area (Å²) in [5.74, 6) is 1.19. The Labute approximate surface area is 195 Å². The third-order valence-electron chi connectivity index (χ3n) is 6.24. The number of amides is 1. The van der Waals surface area contributed by atoms with Crippen molar-refractivity contribution in [2.75, 3.05) is 31.2 Å². The Balaban J connectivity index is 1.29. The normalized spacial score (nSPS) is 17.9. The lowest BCUT2D eigenvalue weighted by atomic mass is 9.94. The Hall–Kier alpha value is -3.11. The molecule has 4 heterocycles. The fourth-order valence-corrected chi connectivity index (χ4v) is 5.64. The number of carboxylic acids is 1. The quantitative estimate of drug-likeness (QED) is 0.615. The van der Waals surface area contributed by atoms with Gasteiger partial charge < -0.3 is 19.3 Å². The van der Waals surface area contributed by atoms with E-state index in [1.165, 1.54) is 12.1 Å². The van der Waals surface area contributed by atoms with Crippen LogP contribution in [0.4, 0.5) is 0 Å². The summed E-state index contributed by atoms with van der Waals surface area (Å²) < 4.78 is 9.62. The van der Waals surface area contributed by atoms with Crippen molar-refractivity contribution in [3.8, 4) is 5.69 Å². The molecule has 1 aromatic carbocycles. The molecule has 0 radical (unpaired) electrons. The molecule has 1 N–H and O–H groups in total. The Bertz CT molecular complexity index is 1140. The molecule has 1 amide bonds. The molecule has 1 spiro atoms. The largest absolute Gasteiger partial charge is 0.478 e. The number of carboxylic acid groups (broad SMARTS) is 1. The lowest BCUT2D eigenvalue weighted by molar-refractivity contribution is -0.104. The Morgan fingerprint density at radius 3 is 2.70 bits per heavy atom. The number of nitrogens with zero attached hydrogens (tertiary/aromatic N) is 5. The third kappa shape index (κ3) is 4.53. The number of rotatable bonds is 5. The van der Waals surface area contributed by atoms with Crippen molar-refractivity contribution in [1.29, 1.82) is 0 Å². The van der Waals surface area contributed by atoms with E-state index < -0.39 is 5.97 Å². The zero-order valence-corrected chi connectivity index (χ0v) is 18.9. The van der Waals surface area contributed by atoms with Crippen LogP contribution < -0.4 is 0 Å². The minimum Gasteiger partial charge on any atom is -0.478 e. The minimum atomic E-state index is -0.973. The van der Waals surface area contributed by atoms with E-state index in [4.69, 9.17) is 9.84 Å². The van der Waals surface area contributed by atoms with Gasteiger partial charge in [0.1, 0.15) is 11.4 Å². The smallest absolute Gasteiger partial charge is 0.335 e. The topological polar surface area (TPSA) is 102 Å². The average molecular weight is 468 g/mol. The highest BCUT2D eigenvalue weighted by Gasteiger charge is 2.40. The van der Waals surface area contributed by atoms with Crippen molar-refractivity contribution in [3.63, 3.8) is 0 Å². The van der Waals surface area contributed by atoms with Gasteiger partial charge >= 0.3 is 5.97 Å².